The van der Waals surface area contributed by atoms with Gasteiger partial charge in [-0.25, -0.2) is 4.99 Å². The van der Waals surface area contributed by atoms with Crippen molar-refractivity contribution in [3.8, 4) is 11.5 Å². The third-order valence-electron chi connectivity index (χ3n) is 4.96. The minimum Gasteiger partial charge on any atom is -0.490 e. The van der Waals surface area contributed by atoms with E-state index in [4.69, 9.17) is 32.7 Å². The molecule has 0 atom stereocenters. The summed E-state index contributed by atoms with van der Waals surface area (Å²) in [6.45, 7) is 2.48. The fraction of sp³-hybridized carbons (Fsp3) is 0.120. The highest BCUT2D eigenvalue weighted by Crippen LogP contribution is 2.38. The summed E-state index contributed by atoms with van der Waals surface area (Å²) >= 11 is 15.6. The number of benzene rings is 3. The van der Waals surface area contributed by atoms with E-state index in [9.17, 15) is 14.9 Å². The molecule has 0 aliphatic carbocycles. The summed E-state index contributed by atoms with van der Waals surface area (Å²) in [5.74, 6) is 0.781. The number of hydrogen-bond acceptors (Lipinski definition) is 7. The number of nitro benzene ring substituents is 1. The Kier molecular flexibility index (Phi) is 8.95. The number of carbonyl (C=O) groups is 1. The number of amides is 1. The van der Waals surface area contributed by atoms with Crippen LogP contribution in [0.5, 0.6) is 11.5 Å². The van der Waals surface area contributed by atoms with Crippen molar-refractivity contribution in [3.63, 3.8) is 0 Å². The summed E-state index contributed by atoms with van der Waals surface area (Å²) in [7, 11) is 0. The number of aliphatic imine (C=N–C) groups is 1. The van der Waals surface area contributed by atoms with Crippen molar-refractivity contribution in [2.24, 2.45) is 4.99 Å². The Hall–Kier alpha value is -2.80. The van der Waals surface area contributed by atoms with Crippen LogP contribution in [-0.4, -0.2) is 22.6 Å². The van der Waals surface area contributed by atoms with Crippen LogP contribution >= 0.6 is 57.6 Å². The van der Waals surface area contributed by atoms with E-state index >= 15 is 0 Å². The first-order valence-corrected chi connectivity index (χ1v) is 13.5. The molecule has 37 heavy (non-hydrogen) atoms. The fourth-order valence-electron chi connectivity index (χ4n) is 3.26. The standard InChI is InChI=1S/C25H18Cl2IN3O5S/c1-2-35-20-11-15(10-18(28)23(20)36-13-14-6-8-16(9-7-14)31(33)34)12-21-24(32)30-25(37-21)29-19-5-3-4-17(26)22(19)27/h3-12H,2,13H2,1H3,(H,29,30,32)/b21-12+. The largest absolute Gasteiger partial charge is 0.490 e. The molecule has 1 fully saturated rings. The molecule has 0 aromatic heterocycles. The molecule has 1 saturated heterocycles. The number of nitrogens with one attached hydrogen (secondary N) is 1. The summed E-state index contributed by atoms with van der Waals surface area (Å²) in [5.41, 5.74) is 2.00. The molecule has 3 aromatic rings. The molecule has 1 N–H and O–H groups in total. The normalized spacial score (nSPS) is 15.2. The highest BCUT2D eigenvalue weighted by molar-refractivity contribution is 14.1. The van der Waals surface area contributed by atoms with Gasteiger partial charge in [0, 0.05) is 12.1 Å². The molecule has 12 heteroatoms. The molecule has 1 aliphatic rings. The third-order valence-corrected chi connectivity index (χ3v) is 7.48. The smallest absolute Gasteiger partial charge is 0.269 e. The van der Waals surface area contributed by atoms with Crippen LogP contribution in [-0.2, 0) is 11.4 Å². The monoisotopic (exact) mass is 669 g/mol. The number of thioether (sulfide) groups is 1. The Labute approximate surface area is 240 Å². The van der Waals surface area contributed by atoms with Crippen LogP contribution in [0.2, 0.25) is 10.0 Å². The molecule has 0 bridgehead atoms. The minimum atomic E-state index is -0.446. The van der Waals surface area contributed by atoms with Gasteiger partial charge in [-0.05, 0) is 94.9 Å². The zero-order chi connectivity index (χ0) is 26.5. The second-order valence-corrected chi connectivity index (χ2v) is 10.5. The highest BCUT2D eigenvalue weighted by atomic mass is 127. The first-order valence-electron chi connectivity index (χ1n) is 10.8. The number of ether oxygens (including phenoxy) is 2. The lowest BCUT2D eigenvalue weighted by molar-refractivity contribution is -0.384. The fourth-order valence-corrected chi connectivity index (χ4v) is 5.22. The Morgan fingerprint density at radius 2 is 1.92 bits per heavy atom. The van der Waals surface area contributed by atoms with Crippen molar-refractivity contribution in [2.75, 3.05) is 6.61 Å². The van der Waals surface area contributed by atoms with E-state index in [1.165, 1.54) is 23.9 Å². The minimum absolute atomic E-state index is 0.0170. The van der Waals surface area contributed by atoms with E-state index in [2.05, 4.69) is 32.9 Å². The SMILES string of the molecule is CCOc1cc(/C=C2/SC(=Nc3cccc(Cl)c3Cl)NC2=O)cc(I)c1OCc1ccc([N+](=O)[O-])cc1. The number of nitrogens with zero attached hydrogens (tertiary/aromatic N) is 2. The van der Waals surface area contributed by atoms with Gasteiger partial charge >= 0.3 is 0 Å². The van der Waals surface area contributed by atoms with Gasteiger partial charge in [0.1, 0.15) is 6.61 Å². The summed E-state index contributed by atoms with van der Waals surface area (Å²) < 4.78 is 12.6. The molecule has 0 radical (unpaired) electrons. The predicted molar refractivity (Wildman–Crippen MR) is 155 cm³/mol. The summed E-state index contributed by atoms with van der Waals surface area (Å²) in [6.07, 6.45) is 1.74. The number of rotatable bonds is 8. The molecule has 1 amide bonds. The quantitative estimate of drug-likeness (QED) is 0.116. The number of nitro groups is 1. The van der Waals surface area contributed by atoms with Gasteiger partial charge in [-0.2, -0.15) is 0 Å². The lowest BCUT2D eigenvalue weighted by Crippen LogP contribution is -2.19. The van der Waals surface area contributed by atoms with Gasteiger partial charge in [-0.1, -0.05) is 29.3 Å². The first kappa shape index (κ1) is 27.2. The lowest BCUT2D eigenvalue weighted by Gasteiger charge is -2.15. The van der Waals surface area contributed by atoms with Gasteiger partial charge in [0.2, 0.25) is 0 Å². The van der Waals surface area contributed by atoms with Gasteiger partial charge in [-0.15, -0.1) is 0 Å². The maximum atomic E-state index is 12.6. The van der Waals surface area contributed by atoms with E-state index in [0.29, 0.717) is 43.9 Å². The van der Waals surface area contributed by atoms with Crippen LogP contribution in [0.15, 0.2) is 64.5 Å². The van der Waals surface area contributed by atoms with Crippen LogP contribution < -0.4 is 14.8 Å². The number of amidine groups is 1. The molecule has 1 heterocycles. The van der Waals surface area contributed by atoms with E-state index < -0.39 is 4.92 Å². The Balaban J connectivity index is 1.55. The van der Waals surface area contributed by atoms with Crippen LogP contribution in [0.4, 0.5) is 11.4 Å². The Bertz CT molecular complexity index is 1430. The second kappa shape index (κ2) is 12.2. The molecule has 0 unspecified atom stereocenters. The number of halogens is 3. The van der Waals surface area contributed by atoms with Crippen molar-refractivity contribution in [1.82, 2.24) is 5.32 Å². The zero-order valence-corrected chi connectivity index (χ0v) is 23.7. The maximum absolute atomic E-state index is 12.6. The van der Waals surface area contributed by atoms with Gasteiger partial charge < -0.3 is 14.8 Å². The second-order valence-electron chi connectivity index (χ2n) is 7.53. The summed E-state index contributed by atoms with van der Waals surface area (Å²) in [5, 5.41) is 14.7. The van der Waals surface area contributed by atoms with Gasteiger partial charge in [0.15, 0.2) is 16.7 Å². The third kappa shape index (κ3) is 6.75. The van der Waals surface area contributed by atoms with Crippen molar-refractivity contribution < 1.29 is 19.2 Å². The maximum Gasteiger partial charge on any atom is 0.269 e. The zero-order valence-electron chi connectivity index (χ0n) is 19.2. The Morgan fingerprint density at radius 3 is 2.62 bits per heavy atom. The lowest BCUT2D eigenvalue weighted by atomic mass is 10.1. The molecule has 1 aliphatic heterocycles. The number of non-ortho nitro benzene ring substituents is 1. The molecule has 190 valence electrons. The van der Waals surface area contributed by atoms with Crippen molar-refractivity contribution >= 4 is 86.1 Å². The average molecular weight is 670 g/mol. The molecule has 0 spiro atoms. The first-order chi connectivity index (χ1) is 17.7. The van der Waals surface area contributed by atoms with Gasteiger partial charge in [0.05, 0.1) is 35.7 Å². The average Bonchev–Trinajstić information content (AvgIpc) is 3.20. The van der Waals surface area contributed by atoms with Gasteiger partial charge in [0.25, 0.3) is 11.6 Å². The van der Waals surface area contributed by atoms with Crippen LogP contribution in [0.1, 0.15) is 18.1 Å². The number of hydrogen-bond donors (Lipinski definition) is 1. The van der Waals surface area contributed by atoms with Crippen molar-refractivity contribution in [3.05, 3.63) is 94.4 Å². The molecule has 3 aromatic carbocycles. The summed E-state index contributed by atoms with van der Waals surface area (Å²) in [6, 6.07) is 14.9. The van der Waals surface area contributed by atoms with E-state index in [-0.39, 0.29) is 18.2 Å². The number of carbonyl (C=O) groups excluding carboxylic acids is 1. The molecule has 8 nitrogen and oxygen atoms in total. The predicted octanol–water partition coefficient (Wildman–Crippen LogP) is 7.38. The summed E-state index contributed by atoms with van der Waals surface area (Å²) in [4.78, 5) is 27.9. The Morgan fingerprint density at radius 1 is 1.16 bits per heavy atom. The molecule has 0 saturated carbocycles. The van der Waals surface area contributed by atoms with Crippen molar-refractivity contribution in [1.29, 1.82) is 0 Å². The molecular formula is C25H18Cl2IN3O5S. The van der Waals surface area contributed by atoms with Gasteiger partial charge in [-0.3, -0.25) is 14.9 Å². The molecule has 4 rings (SSSR count). The highest BCUT2D eigenvalue weighted by Gasteiger charge is 2.25. The molecular weight excluding hydrogens is 652 g/mol. The van der Waals surface area contributed by atoms with Crippen LogP contribution in [0.3, 0.4) is 0 Å². The van der Waals surface area contributed by atoms with E-state index in [1.807, 2.05) is 13.0 Å². The van der Waals surface area contributed by atoms with E-state index in [1.54, 1.807) is 42.5 Å². The topological polar surface area (TPSA) is 103 Å². The van der Waals surface area contributed by atoms with E-state index in [0.717, 1.165) is 14.7 Å². The van der Waals surface area contributed by atoms with Crippen LogP contribution in [0, 0.1) is 13.7 Å². The van der Waals surface area contributed by atoms with Crippen LogP contribution in [0.25, 0.3) is 6.08 Å². The van der Waals surface area contributed by atoms with Crippen molar-refractivity contribution in [2.45, 2.75) is 13.5 Å².